The minimum atomic E-state index is 0.537. The molecule has 178 valence electrons. The molecular weight excluding hydrogens is 442 g/mol. The van der Waals surface area contributed by atoms with Crippen molar-refractivity contribution in [2.75, 3.05) is 11.4 Å². The molecule has 0 amide bonds. The fourth-order valence-corrected chi connectivity index (χ4v) is 4.54. The Hall–Kier alpha value is -4.44. The monoisotopic (exact) mass is 471 g/mol. The number of benzene rings is 4. The molecule has 0 saturated carbocycles. The van der Waals surface area contributed by atoms with Crippen LogP contribution in [0.3, 0.4) is 0 Å². The van der Waals surface area contributed by atoms with E-state index in [0.717, 1.165) is 29.8 Å². The molecule has 0 atom stereocenters. The van der Waals surface area contributed by atoms with Crippen LogP contribution in [-0.2, 0) is 0 Å². The summed E-state index contributed by atoms with van der Waals surface area (Å²) in [5.74, 6) is 1.10. The molecule has 0 spiro atoms. The number of hydrogen-bond acceptors (Lipinski definition) is 4. The third kappa shape index (κ3) is 4.71. The van der Waals surface area contributed by atoms with Gasteiger partial charge in [-0.25, -0.2) is 0 Å². The van der Waals surface area contributed by atoms with Gasteiger partial charge in [0.1, 0.15) is 0 Å². The number of anilines is 1. The zero-order chi connectivity index (χ0) is 24.9. The Morgan fingerprint density at radius 1 is 0.694 bits per heavy atom. The minimum absolute atomic E-state index is 0.537. The quantitative estimate of drug-likeness (QED) is 0.228. The molecule has 4 nitrogen and oxygen atoms in total. The molecule has 0 bridgehead atoms. The maximum atomic E-state index is 5.59. The van der Waals surface area contributed by atoms with E-state index >= 15 is 0 Å². The molecule has 0 radical (unpaired) electrons. The average molecular weight is 472 g/mol. The Kier molecular flexibility index (Phi) is 6.76. The van der Waals surface area contributed by atoms with Crippen LogP contribution in [0.4, 0.5) is 5.69 Å². The van der Waals surface area contributed by atoms with Gasteiger partial charge in [0.15, 0.2) is 0 Å². The van der Waals surface area contributed by atoms with Crippen LogP contribution in [0.5, 0.6) is 0 Å². The predicted octanol–water partition coefficient (Wildman–Crippen LogP) is 8.41. The highest BCUT2D eigenvalue weighted by molar-refractivity contribution is 5.92. The van der Waals surface area contributed by atoms with Crippen LogP contribution >= 0.6 is 0 Å². The molecule has 36 heavy (non-hydrogen) atoms. The van der Waals surface area contributed by atoms with Crippen LogP contribution in [-0.4, -0.2) is 16.7 Å². The van der Waals surface area contributed by atoms with Gasteiger partial charge in [-0.1, -0.05) is 86.3 Å². The molecule has 0 unspecified atom stereocenters. The van der Waals surface area contributed by atoms with Gasteiger partial charge in [-0.05, 0) is 70.3 Å². The summed E-state index contributed by atoms with van der Waals surface area (Å²) in [7, 11) is 0. The van der Waals surface area contributed by atoms with Crippen molar-refractivity contribution in [1.29, 1.82) is 0 Å². The lowest BCUT2D eigenvalue weighted by atomic mass is 9.89. The van der Waals surface area contributed by atoms with Crippen molar-refractivity contribution in [3.8, 4) is 44.8 Å². The van der Waals surface area contributed by atoms with Crippen molar-refractivity contribution in [3.05, 3.63) is 116 Å². The van der Waals surface area contributed by atoms with Crippen molar-refractivity contribution in [3.63, 3.8) is 0 Å². The highest BCUT2D eigenvalue weighted by Gasteiger charge is 2.13. The van der Waals surface area contributed by atoms with E-state index in [2.05, 4.69) is 114 Å². The van der Waals surface area contributed by atoms with Gasteiger partial charge in [0.2, 0.25) is 11.8 Å². The first-order valence-corrected chi connectivity index (χ1v) is 12.3. The first kappa shape index (κ1) is 23.3. The molecule has 0 N–H and O–H groups in total. The number of aryl methyl sites for hydroxylation is 1. The van der Waals surface area contributed by atoms with Crippen molar-refractivity contribution in [2.24, 2.45) is 0 Å². The topological polar surface area (TPSA) is 42.2 Å². The number of aromatic nitrogens is 2. The fourth-order valence-electron chi connectivity index (χ4n) is 4.54. The second kappa shape index (κ2) is 10.4. The maximum Gasteiger partial charge on any atom is 0.247 e. The Morgan fingerprint density at radius 2 is 1.19 bits per heavy atom. The molecule has 5 aromatic rings. The van der Waals surface area contributed by atoms with Gasteiger partial charge in [-0.2, -0.15) is 0 Å². The molecule has 1 aromatic heterocycles. The molecule has 0 aliphatic carbocycles. The van der Waals surface area contributed by atoms with Crippen molar-refractivity contribution >= 4 is 5.69 Å². The second-order valence-corrected chi connectivity index (χ2v) is 8.72. The van der Waals surface area contributed by atoms with Crippen LogP contribution in [0.15, 0.2) is 114 Å². The van der Waals surface area contributed by atoms with E-state index in [-0.39, 0.29) is 0 Å². The molecule has 0 fully saturated rings. The molecule has 4 aromatic carbocycles. The molecule has 0 saturated heterocycles. The van der Waals surface area contributed by atoms with Crippen LogP contribution in [0, 0.1) is 6.92 Å². The molecule has 0 aliphatic heterocycles. The standard InChI is InChI=1S/C32H29N3O/c1-4-22-35(5-2)27-20-18-25(19-21-27)29-11-7-9-13-31(29)30-12-8-6-10-28(30)24-14-16-26(17-15-24)32-34-33-23(3)36-32/h5-21H,2,4,22H2,1,3H3. The molecule has 1 heterocycles. The summed E-state index contributed by atoms with van der Waals surface area (Å²) < 4.78 is 5.59. The van der Waals surface area contributed by atoms with Gasteiger partial charge >= 0.3 is 0 Å². The maximum absolute atomic E-state index is 5.59. The first-order valence-electron chi connectivity index (χ1n) is 12.3. The molecule has 5 rings (SSSR count). The average Bonchev–Trinajstić information content (AvgIpc) is 3.38. The highest BCUT2D eigenvalue weighted by Crippen LogP contribution is 2.38. The zero-order valence-electron chi connectivity index (χ0n) is 20.7. The third-order valence-electron chi connectivity index (χ3n) is 6.31. The number of nitrogens with zero attached hydrogens (tertiary/aromatic N) is 3. The van der Waals surface area contributed by atoms with Crippen LogP contribution < -0.4 is 4.90 Å². The zero-order valence-corrected chi connectivity index (χ0v) is 20.7. The van der Waals surface area contributed by atoms with E-state index in [1.165, 1.54) is 27.8 Å². The van der Waals surface area contributed by atoms with Crippen molar-refractivity contribution in [1.82, 2.24) is 10.2 Å². The lowest BCUT2D eigenvalue weighted by Crippen LogP contribution is -2.15. The predicted molar refractivity (Wildman–Crippen MR) is 149 cm³/mol. The van der Waals surface area contributed by atoms with Gasteiger partial charge in [-0.15, -0.1) is 10.2 Å². The van der Waals surface area contributed by atoms with Gasteiger partial charge in [-0.3, -0.25) is 0 Å². The molecule has 4 heteroatoms. The second-order valence-electron chi connectivity index (χ2n) is 8.72. The van der Waals surface area contributed by atoms with Crippen LogP contribution in [0.25, 0.3) is 44.8 Å². The van der Waals surface area contributed by atoms with E-state index in [0.29, 0.717) is 11.8 Å². The highest BCUT2D eigenvalue weighted by atomic mass is 16.4. The van der Waals surface area contributed by atoms with E-state index in [4.69, 9.17) is 4.42 Å². The van der Waals surface area contributed by atoms with E-state index in [1.54, 1.807) is 6.92 Å². The Balaban J connectivity index is 1.52. The normalized spacial score (nSPS) is 10.8. The number of hydrogen-bond donors (Lipinski definition) is 0. The van der Waals surface area contributed by atoms with Crippen LogP contribution in [0.2, 0.25) is 0 Å². The largest absolute Gasteiger partial charge is 0.421 e. The van der Waals surface area contributed by atoms with Crippen molar-refractivity contribution in [2.45, 2.75) is 20.3 Å². The minimum Gasteiger partial charge on any atom is -0.421 e. The first-order chi connectivity index (χ1) is 17.7. The van der Waals surface area contributed by atoms with E-state index < -0.39 is 0 Å². The fraction of sp³-hybridized carbons (Fsp3) is 0.125. The summed E-state index contributed by atoms with van der Waals surface area (Å²) in [6, 6.07) is 34.2. The van der Waals surface area contributed by atoms with Gasteiger partial charge in [0.25, 0.3) is 0 Å². The summed E-state index contributed by atoms with van der Waals surface area (Å²) in [5.41, 5.74) is 9.16. The lowest BCUT2D eigenvalue weighted by molar-refractivity contribution is 0.533. The Labute approximate surface area is 212 Å². The Bertz CT molecular complexity index is 1470. The molecular formula is C32H29N3O. The summed E-state index contributed by atoms with van der Waals surface area (Å²) >= 11 is 0. The van der Waals surface area contributed by atoms with Gasteiger partial charge in [0, 0.05) is 24.7 Å². The van der Waals surface area contributed by atoms with Gasteiger partial charge in [0.05, 0.1) is 0 Å². The van der Waals surface area contributed by atoms with Crippen molar-refractivity contribution < 1.29 is 4.42 Å². The molecule has 0 aliphatic rings. The third-order valence-corrected chi connectivity index (χ3v) is 6.31. The van der Waals surface area contributed by atoms with Gasteiger partial charge < -0.3 is 9.32 Å². The van der Waals surface area contributed by atoms with E-state index in [9.17, 15) is 0 Å². The summed E-state index contributed by atoms with van der Waals surface area (Å²) in [5, 5.41) is 8.08. The number of rotatable bonds is 8. The summed E-state index contributed by atoms with van der Waals surface area (Å²) in [6.07, 6.45) is 2.97. The summed E-state index contributed by atoms with van der Waals surface area (Å²) in [6.45, 7) is 8.90. The SMILES string of the molecule is C=CN(CCC)c1ccc(-c2ccccc2-c2ccccc2-c2ccc(-c3nnc(C)o3)cc2)cc1. The summed E-state index contributed by atoms with van der Waals surface area (Å²) in [4.78, 5) is 2.18. The lowest BCUT2D eigenvalue weighted by Gasteiger charge is -2.20. The smallest absolute Gasteiger partial charge is 0.247 e. The Morgan fingerprint density at radius 3 is 1.67 bits per heavy atom. The van der Waals surface area contributed by atoms with Crippen LogP contribution in [0.1, 0.15) is 19.2 Å². The van der Waals surface area contributed by atoms with E-state index in [1.807, 2.05) is 18.3 Å².